The van der Waals surface area contributed by atoms with Gasteiger partial charge in [0.2, 0.25) is 0 Å². The van der Waals surface area contributed by atoms with Gasteiger partial charge in [0.25, 0.3) is 5.56 Å². The molecule has 0 radical (unpaired) electrons. The van der Waals surface area contributed by atoms with Gasteiger partial charge < -0.3 is 24.4 Å². The van der Waals surface area contributed by atoms with Gasteiger partial charge in [0.05, 0.1) is 19.2 Å². The fourth-order valence-corrected chi connectivity index (χ4v) is 4.41. The van der Waals surface area contributed by atoms with Crippen LogP contribution in [0.4, 0.5) is 4.79 Å². The number of hydrogen-bond donors (Lipinski definition) is 1. The summed E-state index contributed by atoms with van der Waals surface area (Å²) >= 11 is 0. The zero-order valence-electron chi connectivity index (χ0n) is 21.4. The zero-order chi connectivity index (χ0) is 25.6. The van der Waals surface area contributed by atoms with Crippen molar-refractivity contribution in [2.45, 2.75) is 52.6 Å². The fourth-order valence-electron chi connectivity index (χ4n) is 4.41. The molecule has 192 valence electrons. The second-order valence-corrected chi connectivity index (χ2v) is 9.82. The molecular formula is C26H37N3O6. The summed E-state index contributed by atoms with van der Waals surface area (Å²) in [4.78, 5) is 39.1. The maximum absolute atomic E-state index is 12.8. The van der Waals surface area contributed by atoms with Crippen LogP contribution < -0.4 is 15.6 Å². The number of likely N-dealkylation sites (tertiary alicyclic amines) is 1. The molecule has 0 spiro atoms. The number of fused-ring (bicyclic) bond motifs is 1. The minimum atomic E-state index is -0.625. The highest BCUT2D eigenvalue weighted by Gasteiger charge is 2.23. The molecule has 1 saturated heterocycles. The lowest BCUT2D eigenvalue weighted by atomic mass is 10.1. The summed E-state index contributed by atoms with van der Waals surface area (Å²) in [7, 11) is 1.59. The number of hydrogen-bond acceptors (Lipinski definition) is 7. The van der Waals surface area contributed by atoms with Crippen LogP contribution in [-0.4, -0.2) is 66.9 Å². The summed E-state index contributed by atoms with van der Waals surface area (Å²) in [5.41, 5.74) is 0.715. The maximum Gasteiger partial charge on any atom is 0.407 e. The van der Waals surface area contributed by atoms with E-state index in [1.165, 1.54) is 10.5 Å². The van der Waals surface area contributed by atoms with Crippen LogP contribution in [0.3, 0.4) is 0 Å². The third-order valence-electron chi connectivity index (χ3n) is 6.05. The smallest absolute Gasteiger partial charge is 0.407 e. The van der Waals surface area contributed by atoms with Crippen LogP contribution in [0, 0.1) is 5.92 Å². The van der Waals surface area contributed by atoms with E-state index >= 15 is 0 Å². The first-order valence-corrected chi connectivity index (χ1v) is 12.2. The van der Waals surface area contributed by atoms with Crippen molar-refractivity contribution < 1.29 is 23.8 Å². The Hall–Kier alpha value is -3.07. The minimum Gasteiger partial charge on any atom is -0.494 e. The first kappa shape index (κ1) is 26.5. The number of nitrogens with zero attached hydrogens (tertiary/aromatic N) is 2. The standard InChI is InChI=1S/C26H37N3O6/c1-6-34-24(31)20-7-8-21-22(33-5)19(12-16-29(21)23(20)30)11-15-28-14-10-18(17-28)9-13-27-25(32)35-26(2,3)4/h7-8,12,16,18H,6,9-11,13-15,17H2,1-5H3,(H,27,32). The van der Waals surface area contributed by atoms with Gasteiger partial charge in [-0.25, -0.2) is 9.59 Å². The van der Waals surface area contributed by atoms with Crippen molar-refractivity contribution in [2.75, 3.05) is 39.9 Å². The van der Waals surface area contributed by atoms with Gasteiger partial charge in [0, 0.05) is 25.8 Å². The Kier molecular flexibility index (Phi) is 8.77. The van der Waals surface area contributed by atoms with Gasteiger partial charge in [0.15, 0.2) is 0 Å². The van der Waals surface area contributed by atoms with Gasteiger partial charge in [-0.1, -0.05) is 0 Å². The van der Waals surface area contributed by atoms with Crippen molar-refractivity contribution in [1.29, 1.82) is 0 Å². The number of pyridine rings is 2. The summed E-state index contributed by atoms with van der Waals surface area (Å²) < 4.78 is 17.4. The zero-order valence-corrected chi connectivity index (χ0v) is 21.4. The topological polar surface area (TPSA) is 98.6 Å². The summed E-state index contributed by atoms with van der Waals surface area (Å²) in [5.74, 6) is 0.542. The highest BCUT2D eigenvalue weighted by Crippen LogP contribution is 2.26. The lowest BCUT2D eigenvalue weighted by Gasteiger charge is -2.20. The average Bonchev–Trinajstić information content (AvgIpc) is 3.24. The van der Waals surface area contributed by atoms with Gasteiger partial charge in [-0.3, -0.25) is 9.20 Å². The largest absolute Gasteiger partial charge is 0.494 e. The van der Waals surface area contributed by atoms with E-state index in [1.807, 2.05) is 26.8 Å². The Morgan fingerprint density at radius 1 is 1.20 bits per heavy atom. The van der Waals surface area contributed by atoms with E-state index in [0.717, 1.165) is 44.5 Å². The Balaban J connectivity index is 1.57. The van der Waals surface area contributed by atoms with Gasteiger partial charge in [-0.2, -0.15) is 0 Å². The third-order valence-corrected chi connectivity index (χ3v) is 6.05. The third kappa shape index (κ3) is 6.97. The van der Waals surface area contributed by atoms with Crippen molar-refractivity contribution >= 4 is 17.6 Å². The first-order valence-electron chi connectivity index (χ1n) is 12.2. The Bertz CT molecular complexity index is 1100. The van der Waals surface area contributed by atoms with Crippen LogP contribution in [0.2, 0.25) is 0 Å². The highest BCUT2D eigenvalue weighted by atomic mass is 16.6. The van der Waals surface area contributed by atoms with E-state index in [2.05, 4.69) is 10.2 Å². The molecule has 0 aromatic carbocycles. The maximum atomic E-state index is 12.8. The van der Waals surface area contributed by atoms with Crippen molar-refractivity contribution in [3.05, 3.63) is 45.9 Å². The van der Waals surface area contributed by atoms with E-state index < -0.39 is 17.1 Å². The first-order chi connectivity index (χ1) is 16.6. The van der Waals surface area contributed by atoms with Crippen LogP contribution in [0.1, 0.15) is 56.5 Å². The molecule has 1 unspecified atom stereocenters. The van der Waals surface area contributed by atoms with Crippen LogP contribution in [0.15, 0.2) is 29.2 Å². The molecule has 1 amide bonds. The Morgan fingerprint density at radius 3 is 2.66 bits per heavy atom. The number of methoxy groups -OCH3 is 1. The Morgan fingerprint density at radius 2 is 1.97 bits per heavy atom. The molecule has 1 aliphatic heterocycles. The number of carbonyl (C=O) groups excluding carboxylic acids is 2. The van der Waals surface area contributed by atoms with Crippen molar-refractivity contribution in [1.82, 2.24) is 14.6 Å². The van der Waals surface area contributed by atoms with Crippen molar-refractivity contribution in [3.63, 3.8) is 0 Å². The molecule has 9 nitrogen and oxygen atoms in total. The SMILES string of the molecule is CCOC(=O)c1ccc2c(OC)c(CCN3CCC(CCNC(=O)OC(C)(C)C)C3)ccn2c1=O. The van der Waals surface area contributed by atoms with E-state index in [1.54, 1.807) is 26.3 Å². The Labute approximate surface area is 206 Å². The lowest BCUT2D eigenvalue weighted by molar-refractivity contribution is 0.0514. The number of aromatic nitrogens is 1. The van der Waals surface area contributed by atoms with E-state index in [-0.39, 0.29) is 18.3 Å². The molecule has 1 aliphatic rings. The molecule has 1 fully saturated rings. The quantitative estimate of drug-likeness (QED) is 0.542. The van der Waals surface area contributed by atoms with Gasteiger partial charge in [0.1, 0.15) is 16.9 Å². The average molecular weight is 488 g/mol. The fraction of sp³-hybridized carbons (Fsp3) is 0.577. The molecule has 2 aromatic heterocycles. The number of nitrogens with one attached hydrogen (secondary N) is 1. The number of rotatable bonds is 9. The summed E-state index contributed by atoms with van der Waals surface area (Å²) in [6.45, 7) is 10.9. The van der Waals surface area contributed by atoms with Crippen LogP contribution in [0.5, 0.6) is 5.75 Å². The highest BCUT2D eigenvalue weighted by molar-refractivity contribution is 5.89. The molecule has 2 aromatic rings. The van der Waals surface area contributed by atoms with E-state index in [0.29, 0.717) is 23.7 Å². The van der Waals surface area contributed by atoms with E-state index in [4.69, 9.17) is 14.2 Å². The molecule has 3 heterocycles. The molecule has 1 N–H and O–H groups in total. The van der Waals surface area contributed by atoms with Crippen LogP contribution in [0.25, 0.3) is 5.52 Å². The lowest BCUT2D eigenvalue weighted by Crippen LogP contribution is -2.33. The number of ether oxygens (including phenoxy) is 3. The molecule has 1 atom stereocenters. The van der Waals surface area contributed by atoms with Gasteiger partial charge in [-0.05, 0) is 83.2 Å². The van der Waals surface area contributed by atoms with E-state index in [9.17, 15) is 14.4 Å². The summed E-state index contributed by atoms with van der Waals surface area (Å²) in [5, 5.41) is 2.84. The molecule has 0 aliphatic carbocycles. The van der Waals surface area contributed by atoms with Crippen molar-refractivity contribution in [3.8, 4) is 5.75 Å². The molecule has 35 heavy (non-hydrogen) atoms. The normalized spacial score (nSPS) is 16.3. The number of carbonyl (C=O) groups is 2. The molecule has 9 heteroatoms. The van der Waals surface area contributed by atoms with Crippen LogP contribution >= 0.6 is 0 Å². The van der Waals surface area contributed by atoms with Gasteiger partial charge in [-0.15, -0.1) is 0 Å². The van der Waals surface area contributed by atoms with Crippen molar-refractivity contribution in [2.24, 2.45) is 5.92 Å². The number of esters is 1. The predicted molar refractivity (Wildman–Crippen MR) is 133 cm³/mol. The summed E-state index contributed by atoms with van der Waals surface area (Å²) in [6, 6.07) is 5.10. The number of alkyl carbamates (subject to hydrolysis) is 1. The molecular weight excluding hydrogens is 450 g/mol. The molecule has 0 bridgehead atoms. The van der Waals surface area contributed by atoms with Gasteiger partial charge >= 0.3 is 12.1 Å². The molecule has 3 rings (SSSR count). The summed E-state index contributed by atoms with van der Waals surface area (Å²) in [6.07, 6.45) is 4.10. The predicted octanol–water partition coefficient (Wildman–Crippen LogP) is 3.26. The monoisotopic (exact) mass is 487 g/mol. The minimum absolute atomic E-state index is 0.00317. The second kappa shape index (κ2) is 11.6. The second-order valence-electron chi connectivity index (χ2n) is 9.82. The molecule has 0 saturated carbocycles. The van der Waals surface area contributed by atoms with Crippen LogP contribution in [-0.2, 0) is 15.9 Å². The number of amides is 1.